The maximum Gasteiger partial charge on any atom is 0.165 e. The van der Waals surface area contributed by atoms with Crippen molar-refractivity contribution in [3.8, 4) is 0 Å². The lowest BCUT2D eigenvalue weighted by atomic mass is 10.1. The summed E-state index contributed by atoms with van der Waals surface area (Å²) in [7, 11) is 0. The molecule has 0 amide bonds. The first kappa shape index (κ1) is 11.4. The predicted molar refractivity (Wildman–Crippen MR) is 60.2 cm³/mol. The largest absolute Gasteiger partial charge is 0.263 e. The molecule has 1 N–H and O–H groups in total. The third kappa shape index (κ3) is 2.33. The van der Waals surface area contributed by atoms with Gasteiger partial charge in [0.25, 0.3) is 0 Å². The third-order valence-corrected chi connectivity index (χ3v) is 2.62. The van der Waals surface area contributed by atoms with E-state index in [4.69, 9.17) is 23.2 Å². The quantitative estimate of drug-likeness (QED) is 0.862. The van der Waals surface area contributed by atoms with Crippen LogP contribution in [0.3, 0.4) is 0 Å². The van der Waals surface area contributed by atoms with Crippen molar-refractivity contribution in [2.45, 2.75) is 12.3 Å². The molecule has 3 nitrogen and oxygen atoms in total. The molecule has 1 heterocycles. The first-order chi connectivity index (χ1) is 7.70. The van der Waals surface area contributed by atoms with Gasteiger partial charge in [-0.2, -0.15) is 5.10 Å². The number of benzene rings is 1. The van der Waals surface area contributed by atoms with Crippen molar-refractivity contribution >= 4 is 23.2 Å². The summed E-state index contributed by atoms with van der Waals surface area (Å²) in [5.41, 5.74) is 0.477. The van der Waals surface area contributed by atoms with Gasteiger partial charge in [-0.15, -0.1) is 11.6 Å². The van der Waals surface area contributed by atoms with Gasteiger partial charge in [0, 0.05) is 6.42 Å². The monoisotopic (exact) mass is 259 g/mol. The summed E-state index contributed by atoms with van der Waals surface area (Å²) in [4.78, 5) is 4.09. The molecule has 84 valence electrons. The molecule has 0 aliphatic rings. The highest BCUT2D eigenvalue weighted by atomic mass is 35.5. The summed E-state index contributed by atoms with van der Waals surface area (Å²) >= 11 is 11.2. The van der Waals surface area contributed by atoms with Gasteiger partial charge in [-0.25, -0.2) is 9.37 Å². The molecule has 2 rings (SSSR count). The third-order valence-electron chi connectivity index (χ3n) is 2.09. The van der Waals surface area contributed by atoms with Crippen LogP contribution in [0.25, 0.3) is 0 Å². The minimum Gasteiger partial charge on any atom is -0.263 e. The van der Waals surface area contributed by atoms with E-state index in [0.29, 0.717) is 23.6 Å². The first-order valence-corrected chi connectivity index (χ1v) is 5.51. The van der Waals surface area contributed by atoms with Crippen LogP contribution >= 0.6 is 23.2 Å². The van der Waals surface area contributed by atoms with Crippen LogP contribution in [0.15, 0.2) is 18.2 Å². The van der Waals surface area contributed by atoms with Crippen LogP contribution in [0, 0.1) is 5.82 Å². The summed E-state index contributed by atoms with van der Waals surface area (Å²) in [5, 5.41) is 6.66. The van der Waals surface area contributed by atoms with Crippen molar-refractivity contribution in [2.24, 2.45) is 0 Å². The van der Waals surface area contributed by atoms with Gasteiger partial charge in [0.05, 0.1) is 10.9 Å². The Morgan fingerprint density at radius 3 is 2.88 bits per heavy atom. The minimum atomic E-state index is -0.423. The molecule has 0 fully saturated rings. The van der Waals surface area contributed by atoms with Crippen LogP contribution < -0.4 is 0 Å². The first-order valence-electron chi connectivity index (χ1n) is 4.59. The van der Waals surface area contributed by atoms with Crippen LogP contribution in [-0.2, 0) is 12.3 Å². The Morgan fingerprint density at radius 2 is 2.19 bits per heavy atom. The second-order valence-corrected chi connectivity index (χ2v) is 3.90. The lowest BCUT2D eigenvalue weighted by Gasteiger charge is -2.01. The smallest absolute Gasteiger partial charge is 0.165 e. The molecule has 6 heteroatoms. The second kappa shape index (κ2) is 4.80. The fourth-order valence-electron chi connectivity index (χ4n) is 1.34. The summed E-state index contributed by atoms with van der Waals surface area (Å²) in [5.74, 6) is 0.873. The fourth-order valence-corrected chi connectivity index (χ4v) is 1.65. The molecule has 16 heavy (non-hydrogen) atoms. The van der Waals surface area contributed by atoms with Crippen molar-refractivity contribution in [3.05, 3.63) is 46.3 Å². The number of aromatic amines is 1. The average molecular weight is 260 g/mol. The van der Waals surface area contributed by atoms with E-state index in [0.717, 1.165) is 0 Å². The number of H-pyrrole nitrogens is 1. The molecule has 0 saturated heterocycles. The van der Waals surface area contributed by atoms with Gasteiger partial charge < -0.3 is 0 Å². The molecule has 0 spiro atoms. The van der Waals surface area contributed by atoms with Crippen molar-refractivity contribution in [1.82, 2.24) is 15.2 Å². The van der Waals surface area contributed by atoms with Gasteiger partial charge in [-0.05, 0) is 11.6 Å². The highest BCUT2D eigenvalue weighted by molar-refractivity contribution is 6.30. The zero-order valence-electron chi connectivity index (χ0n) is 8.17. The summed E-state index contributed by atoms with van der Waals surface area (Å²) < 4.78 is 13.6. The topological polar surface area (TPSA) is 41.6 Å². The van der Waals surface area contributed by atoms with Gasteiger partial charge >= 0.3 is 0 Å². The van der Waals surface area contributed by atoms with Gasteiger partial charge in [-0.1, -0.05) is 23.7 Å². The molecular formula is C10H8Cl2FN3. The summed E-state index contributed by atoms with van der Waals surface area (Å²) in [6, 6.07) is 4.86. The molecule has 1 aromatic heterocycles. The maximum atomic E-state index is 13.6. The average Bonchev–Trinajstić information content (AvgIpc) is 2.73. The van der Waals surface area contributed by atoms with Gasteiger partial charge in [-0.3, -0.25) is 5.10 Å². The van der Waals surface area contributed by atoms with E-state index in [1.54, 1.807) is 12.1 Å². The molecule has 1 aromatic carbocycles. The van der Waals surface area contributed by atoms with E-state index in [9.17, 15) is 4.39 Å². The van der Waals surface area contributed by atoms with Crippen molar-refractivity contribution in [3.63, 3.8) is 0 Å². The van der Waals surface area contributed by atoms with E-state index < -0.39 is 5.82 Å². The van der Waals surface area contributed by atoms with Gasteiger partial charge in [0.2, 0.25) is 0 Å². The number of nitrogens with zero attached hydrogens (tertiary/aromatic N) is 2. The molecule has 0 aliphatic heterocycles. The summed E-state index contributed by atoms with van der Waals surface area (Å²) in [6.07, 6.45) is 0.316. The van der Waals surface area contributed by atoms with E-state index >= 15 is 0 Å². The van der Waals surface area contributed by atoms with Crippen molar-refractivity contribution < 1.29 is 4.39 Å². The molecule has 0 aliphatic carbocycles. The van der Waals surface area contributed by atoms with Crippen LogP contribution in [0.4, 0.5) is 4.39 Å². The van der Waals surface area contributed by atoms with Crippen LogP contribution in [0.1, 0.15) is 17.2 Å². The number of nitrogens with one attached hydrogen (secondary N) is 1. The highest BCUT2D eigenvalue weighted by Crippen LogP contribution is 2.19. The van der Waals surface area contributed by atoms with Crippen LogP contribution in [0.5, 0.6) is 0 Å². The standard InChI is InChI=1S/C10H8Cl2FN3/c11-5-9-14-8(15-16-9)4-6-2-1-3-7(12)10(6)13/h1-3H,4-5H2,(H,14,15,16). The lowest BCUT2D eigenvalue weighted by Crippen LogP contribution is -1.95. The lowest BCUT2D eigenvalue weighted by molar-refractivity contribution is 0.612. The van der Waals surface area contributed by atoms with Gasteiger partial charge in [0.1, 0.15) is 11.6 Å². The second-order valence-electron chi connectivity index (χ2n) is 3.22. The minimum absolute atomic E-state index is 0.106. The molecule has 0 radical (unpaired) electrons. The van der Waals surface area contributed by atoms with Crippen LogP contribution in [-0.4, -0.2) is 15.2 Å². The van der Waals surface area contributed by atoms with E-state index in [2.05, 4.69) is 15.2 Å². The molecular weight excluding hydrogens is 252 g/mol. The molecule has 0 saturated carbocycles. The predicted octanol–water partition coefficient (Wildman–Crippen LogP) is 2.93. The molecule has 0 atom stereocenters. The number of halogens is 3. The Kier molecular flexibility index (Phi) is 3.41. The zero-order valence-corrected chi connectivity index (χ0v) is 9.69. The number of rotatable bonds is 3. The number of aromatic nitrogens is 3. The Bertz CT molecular complexity index is 499. The number of hydrogen-bond acceptors (Lipinski definition) is 2. The molecule has 0 unspecified atom stereocenters. The Labute approximate surface area is 102 Å². The Hall–Kier alpha value is -1.13. The summed E-state index contributed by atoms with van der Waals surface area (Å²) in [6.45, 7) is 0. The Balaban J connectivity index is 2.23. The maximum absolute atomic E-state index is 13.6. The van der Waals surface area contributed by atoms with E-state index in [-0.39, 0.29) is 10.9 Å². The van der Waals surface area contributed by atoms with E-state index in [1.807, 2.05) is 0 Å². The normalized spacial score (nSPS) is 10.7. The number of hydrogen-bond donors (Lipinski definition) is 1. The highest BCUT2D eigenvalue weighted by Gasteiger charge is 2.09. The fraction of sp³-hybridized carbons (Fsp3) is 0.200. The van der Waals surface area contributed by atoms with Crippen LogP contribution in [0.2, 0.25) is 5.02 Å². The van der Waals surface area contributed by atoms with E-state index in [1.165, 1.54) is 6.07 Å². The SMILES string of the molecule is Fc1c(Cl)cccc1Cc1nc(CCl)n[nH]1. The van der Waals surface area contributed by atoms with Gasteiger partial charge in [0.15, 0.2) is 5.82 Å². The zero-order chi connectivity index (χ0) is 11.5. The van der Waals surface area contributed by atoms with Crippen molar-refractivity contribution in [1.29, 1.82) is 0 Å². The molecule has 2 aromatic rings. The molecule has 0 bridgehead atoms. The van der Waals surface area contributed by atoms with Crippen molar-refractivity contribution in [2.75, 3.05) is 0 Å². The Morgan fingerprint density at radius 1 is 1.38 bits per heavy atom. The number of alkyl halides is 1.